The second-order valence-corrected chi connectivity index (χ2v) is 7.58. The smallest absolute Gasteiger partial charge is 0.191 e. The summed E-state index contributed by atoms with van der Waals surface area (Å²) in [4.78, 5) is 8.73. The van der Waals surface area contributed by atoms with Crippen LogP contribution in [-0.4, -0.2) is 66.6 Å². The predicted molar refractivity (Wildman–Crippen MR) is 126 cm³/mol. The number of rotatable bonds is 8. The standard InChI is InChI=1S/C19H30N6OS.HI/c1-3-20-19(21-7-6-16-13-23-24(2)15-16)22-14-17(18-5-4-12-27-18)25-8-10-26-11-9-25;/h4-5,12-13,15,17H,3,6-11,14H2,1-2H3,(H2,20,21,22);1H. The van der Waals surface area contributed by atoms with Gasteiger partial charge < -0.3 is 15.4 Å². The van der Waals surface area contributed by atoms with Crippen LogP contribution in [0.4, 0.5) is 0 Å². The first-order chi connectivity index (χ1) is 13.3. The second kappa shape index (κ2) is 12.4. The van der Waals surface area contributed by atoms with Gasteiger partial charge in [-0.15, -0.1) is 35.3 Å². The first-order valence-electron chi connectivity index (χ1n) is 9.61. The fourth-order valence-electron chi connectivity index (χ4n) is 3.20. The van der Waals surface area contributed by atoms with Crippen molar-refractivity contribution in [3.63, 3.8) is 0 Å². The quantitative estimate of drug-likeness (QED) is 0.319. The van der Waals surface area contributed by atoms with Gasteiger partial charge in [-0.3, -0.25) is 14.6 Å². The molecule has 2 N–H and O–H groups in total. The number of morpholine rings is 1. The van der Waals surface area contributed by atoms with Gasteiger partial charge in [0.15, 0.2) is 5.96 Å². The summed E-state index contributed by atoms with van der Waals surface area (Å²) >= 11 is 1.81. The lowest BCUT2D eigenvalue weighted by molar-refractivity contribution is 0.0186. The summed E-state index contributed by atoms with van der Waals surface area (Å²) in [5, 5.41) is 13.2. The molecular formula is C19H31IN6OS. The molecule has 0 radical (unpaired) electrons. The molecule has 2 aromatic rings. The lowest BCUT2D eigenvalue weighted by atomic mass is 10.2. The molecule has 0 spiro atoms. The van der Waals surface area contributed by atoms with Crippen molar-refractivity contribution in [1.82, 2.24) is 25.3 Å². The topological polar surface area (TPSA) is 66.7 Å². The normalized spacial score (nSPS) is 16.4. The maximum Gasteiger partial charge on any atom is 0.191 e. The molecule has 0 saturated carbocycles. The van der Waals surface area contributed by atoms with E-state index in [2.05, 4.69) is 51.3 Å². The third-order valence-corrected chi connectivity index (χ3v) is 5.56. The molecule has 28 heavy (non-hydrogen) atoms. The van der Waals surface area contributed by atoms with Crippen LogP contribution in [0.5, 0.6) is 0 Å². The molecule has 1 aliphatic rings. The van der Waals surface area contributed by atoms with Crippen molar-refractivity contribution in [1.29, 1.82) is 0 Å². The second-order valence-electron chi connectivity index (χ2n) is 6.60. The van der Waals surface area contributed by atoms with Crippen molar-refractivity contribution in [2.45, 2.75) is 19.4 Å². The van der Waals surface area contributed by atoms with Crippen LogP contribution in [0.2, 0.25) is 0 Å². The lowest BCUT2D eigenvalue weighted by Gasteiger charge is -2.33. The first-order valence-corrected chi connectivity index (χ1v) is 10.5. The van der Waals surface area contributed by atoms with E-state index in [9.17, 15) is 0 Å². The maximum absolute atomic E-state index is 5.52. The number of aliphatic imine (C=N–C) groups is 1. The number of nitrogens with zero attached hydrogens (tertiary/aromatic N) is 4. The third-order valence-electron chi connectivity index (χ3n) is 4.59. The summed E-state index contributed by atoms with van der Waals surface area (Å²) < 4.78 is 7.36. The Hall–Kier alpha value is -1.17. The van der Waals surface area contributed by atoms with Gasteiger partial charge in [-0.25, -0.2) is 0 Å². The molecule has 3 heterocycles. The summed E-state index contributed by atoms with van der Waals surface area (Å²) in [6, 6.07) is 4.64. The Labute approximate surface area is 188 Å². The van der Waals surface area contributed by atoms with Gasteiger partial charge in [0, 0.05) is 44.3 Å². The van der Waals surface area contributed by atoms with Crippen LogP contribution >= 0.6 is 35.3 Å². The number of nitrogens with one attached hydrogen (secondary N) is 2. The summed E-state index contributed by atoms with van der Waals surface area (Å²) in [7, 11) is 1.94. The molecule has 7 nitrogen and oxygen atoms in total. The van der Waals surface area contributed by atoms with E-state index in [1.54, 1.807) is 11.3 Å². The van der Waals surface area contributed by atoms with Gasteiger partial charge in [0.1, 0.15) is 0 Å². The van der Waals surface area contributed by atoms with Gasteiger partial charge >= 0.3 is 0 Å². The Bertz CT molecular complexity index is 699. The highest BCUT2D eigenvalue weighted by Crippen LogP contribution is 2.26. The number of hydrogen-bond donors (Lipinski definition) is 2. The van der Waals surface area contributed by atoms with E-state index >= 15 is 0 Å². The van der Waals surface area contributed by atoms with E-state index in [1.165, 1.54) is 10.4 Å². The van der Waals surface area contributed by atoms with Crippen molar-refractivity contribution >= 4 is 41.3 Å². The molecule has 0 aromatic carbocycles. The van der Waals surface area contributed by atoms with E-state index in [-0.39, 0.29) is 24.0 Å². The highest BCUT2D eigenvalue weighted by atomic mass is 127. The van der Waals surface area contributed by atoms with Crippen LogP contribution < -0.4 is 10.6 Å². The van der Waals surface area contributed by atoms with E-state index in [0.717, 1.165) is 58.3 Å². The molecule has 2 aromatic heterocycles. The number of ether oxygens (including phenoxy) is 1. The van der Waals surface area contributed by atoms with Crippen LogP contribution in [0.25, 0.3) is 0 Å². The van der Waals surface area contributed by atoms with E-state index in [1.807, 2.05) is 17.9 Å². The molecule has 1 aliphatic heterocycles. The van der Waals surface area contributed by atoms with Crippen molar-refractivity contribution < 1.29 is 4.74 Å². The van der Waals surface area contributed by atoms with Gasteiger partial charge in [-0.2, -0.15) is 5.10 Å². The van der Waals surface area contributed by atoms with Crippen LogP contribution in [0.3, 0.4) is 0 Å². The van der Waals surface area contributed by atoms with Crippen molar-refractivity contribution in [2.24, 2.45) is 12.0 Å². The van der Waals surface area contributed by atoms with Crippen molar-refractivity contribution in [3.8, 4) is 0 Å². The average molecular weight is 518 g/mol. The summed E-state index contributed by atoms with van der Waals surface area (Å²) in [6.07, 6.45) is 4.89. The average Bonchev–Trinajstić information content (AvgIpc) is 3.35. The predicted octanol–water partition coefficient (Wildman–Crippen LogP) is 2.27. The molecule has 0 aliphatic carbocycles. The molecule has 1 atom stereocenters. The summed E-state index contributed by atoms with van der Waals surface area (Å²) in [5.74, 6) is 0.871. The number of guanidine groups is 1. The number of halogens is 1. The Balaban J connectivity index is 0.00000280. The molecule has 0 amide bonds. The van der Waals surface area contributed by atoms with Gasteiger partial charge in [0.05, 0.1) is 32.0 Å². The lowest BCUT2D eigenvalue weighted by Crippen LogP contribution is -2.42. The zero-order chi connectivity index (χ0) is 18.9. The summed E-state index contributed by atoms with van der Waals surface area (Å²) in [6.45, 7) is 8.04. The zero-order valence-electron chi connectivity index (χ0n) is 16.6. The van der Waals surface area contributed by atoms with Crippen LogP contribution in [0.1, 0.15) is 23.4 Å². The molecule has 9 heteroatoms. The number of aromatic nitrogens is 2. The first kappa shape index (κ1) is 23.1. The monoisotopic (exact) mass is 518 g/mol. The maximum atomic E-state index is 5.52. The van der Waals surface area contributed by atoms with E-state index in [0.29, 0.717) is 6.04 Å². The largest absolute Gasteiger partial charge is 0.379 e. The van der Waals surface area contributed by atoms with Gasteiger partial charge in [0.2, 0.25) is 0 Å². The van der Waals surface area contributed by atoms with Gasteiger partial charge in [-0.05, 0) is 30.4 Å². The summed E-state index contributed by atoms with van der Waals surface area (Å²) in [5.41, 5.74) is 1.23. The number of thiophene rings is 1. The molecule has 1 unspecified atom stereocenters. The fourth-order valence-corrected chi connectivity index (χ4v) is 4.05. The molecule has 1 fully saturated rings. The fraction of sp³-hybridized carbons (Fsp3) is 0.579. The van der Waals surface area contributed by atoms with Crippen molar-refractivity contribution in [2.75, 3.05) is 45.9 Å². The number of hydrogen-bond acceptors (Lipinski definition) is 5. The van der Waals surface area contributed by atoms with Crippen molar-refractivity contribution in [3.05, 3.63) is 40.3 Å². The molecule has 3 rings (SSSR count). The highest BCUT2D eigenvalue weighted by molar-refractivity contribution is 14.0. The minimum Gasteiger partial charge on any atom is -0.379 e. The Kier molecular flexibility index (Phi) is 10.2. The molecular weight excluding hydrogens is 487 g/mol. The van der Waals surface area contributed by atoms with Gasteiger partial charge in [-0.1, -0.05) is 6.07 Å². The third kappa shape index (κ3) is 7.02. The van der Waals surface area contributed by atoms with E-state index < -0.39 is 0 Å². The molecule has 156 valence electrons. The Morgan fingerprint density at radius 2 is 2.18 bits per heavy atom. The van der Waals surface area contributed by atoms with E-state index in [4.69, 9.17) is 9.73 Å². The minimum absolute atomic E-state index is 0. The highest BCUT2D eigenvalue weighted by Gasteiger charge is 2.23. The Morgan fingerprint density at radius 1 is 1.36 bits per heavy atom. The SMILES string of the molecule is CCNC(=NCC(c1cccs1)N1CCOCC1)NCCc1cnn(C)c1.I. The van der Waals surface area contributed by atoms with Crippen LogP contribution in [0.15, 0.2) is 34.9 Å². The minimum atomic E-state index is 0. The molecule has 0 bridgehead atoms. The van der Waals surface area contributed by atoms with Crippen LogP contribution in [-0.2, 0) is 18.2 Å². The Morgan fingerprint density at radius 3 is 2.82 bits per heavy atom. The zero-order valence-corrected chi connectivity index (χ0v) is 19.8. The molecule has 1 saturated heterocycles. The van der Waals surface area contributed by atoms with Crippen LogP contribution in [0, 0.1) is 0 Å². The van der Waals surface area contributed by atoms with Gasteiger partial charge in [0.25, 0.3) is 0 Å². The number of aryl methyl sites for hydroxylation is 1.